The highest BCUT2D eigenvalue weighted by Crippen LogP contribution is 2.21. The maximum atomic E-state index is 11.7. The maximum absolute atomic E-state index is 11.7. The Morgan fingerprint density at radius 1 is 1.41 bits per heavy atom. The van der Waals surface area contributed by atoms with E-state index < -0.39 is 5.97 Å². The predicted molar refractivity (Wildman–Crippen MR) is 66.3 cm³/mol. The minimum absolute atomic E-state index is 0.213. The number of aromatic amines is 1. The Morgan fingerprint density at radius 2 is 2.12 bits per heavy atom. The quantitative estimate of drug-likeness (QED) is 0.850. The summed E-state index contributed by atoms with van der Waals surface area (Å²) in [4.78, 5) is 11.7. The summed E-state index contributed by atoms with van der Waals surface area (Å²) < 4.78 is 5.54. The number of benzene rings is 1. The molecule has 0 radical (unpaired) electrons. The third-order valence-corrected chi connectivity index (χ3v) is 2.95. The van der Waals surface area contributed by atoms with Crippen LogP contribution in [0.2, 0.25) is 0 Å². The Balaban J connectivity index is 2.01. The molecule has 1 aromatic heterocycles. The number of H-pyrrole nitrogens is 1. The van der Waals surface area contributed by atoms with Crippen molar-refractivity contribution in [1.29, 1.82) is 0 Å². The van der Waals surface area contributed by atoms with Crippen LogP contribution in [0.3, 0.4) is 0 Å². The van der Waals surface area contributed by atoms with Gasteiger partial charge in [-0.25, -0.2) is 4.79 Å². The molecular formula is C11H10BrN3O2. The molecule has 0 amide bonds. The number of nitrogen functional groups attached to an aromatic ring is 1. The van der Waals surface area contributed by atoms with Crippen LogP contribution in [0.25, 0.3) is 0 Å². The first-order chi connectivity index (χ1) is 8.18. The monoisotopic (exact) mass is 295 g/mol. The van der Waals surface area contributed by atoms with Crippen LogP contribution < -0.4 is 5.73 Å². The second-order valence-electron chi connectivity index (χ2n) is 3.36. The first-order valence-electron chi connectivity index (χ1n) is 4.89. The minimum Gasteiger partial charge on any atom is -0.456 e. The molecule has 0 aliphatic heterocycles. The number of hydrogen-bond donors (Lipinski definition) is 2. The van der Waals surface area contributed by atoms with E-state index in [4.69, 9.17) is 10.5 Å². The molecule has 0 saturated heterocycles. The second-order valence-corrected chi connectivity index (χ2v) is 4.15. The fourth-order valence-electron chi connectivity index (χ4n) is 1.27. The van der Waals surface area contributed by atoms with Crippen LogP contribution in [0.15, 0.2) is 34.8 Å². The van der Waals surface area contributed by atoms with Crippen molar-refractivity contribution >= 4 is 27.7 Å². The molecule has 0 fully saturated rings. The fourth-order valence-corrected chi connectivity index (χ4v) is 1.61. The van der Waals surface area contributed by atoms with Gasteiger partial charge < -0.3 is 10.5 Å². The lowest BCUT2D eigenvalue weighted by Gasteiger charge is -2.03. The van der Waals surface area contributed by atoms with E-state index in [2.05, 4.69) is 26.1 Å². The number of ether oxygens (including phenoxy) is 1. The van der Waals surface area contributed by atoms with Gasteiger partial charge in [-0.2, -0.15) is 5.10 Å². The first kappa shape index (κ1) is 11.7. The molecule has 2 aromatic rings. The minimum atomic E-state index is -0.495. The van der Waals surface area contributed by atoms with E-state index in [1.165, 1.54) is 0 Å². The Hall–Kier alpha value is -1.82. The molecule has 0 aliphatic rings. The Bertz CT molecular complexity index is 525. The highest BCUT2D eigenvalue weighted by molar-refractivity contribution is 9.10. The largest absolute Gasteiger partial charge is 0.456 e. The molecule has 1 aromatic carbocycles. The number of nitrogens with one attached hydrogen (secondary N) is 1. The van der Waals surface area contributed by atoms with E-state index in [0.29, 0.717) is 4.47 Å². The van der Waals surface area contributed by atoms with Crippen LogP contribution in [0.1, 0.15) is 16.1 Å². The predicted octanol–water partition coefficient (Wildman–Crippen LogP) is 2.11. The van der Waals surface area contributed by atoms with E-state index in [1.54, 1.807) is 0 Å². The van der Waals surface area contributed by atoms with Crippen LogP contribution in [0.5, 0.6) is 0 Å². The molecule has 5 nitrogen and oxygen atoms in total. The molecule has 0 bridgehead atoms. The van der Waals surface area contributed by atoms with Gasteiger partial charge in [-0.05, 0) is 21.5 Å². The third kappa shape index (κ3) is 2.65. The van der Waals surface area contributed by atoms with Gasteiger partial charge in [-0.1, -0.05) is 30.3 Å². The number of nitrogens with two attached hydrogens (primary N) is 1. The summed E-state index contributed by atoms with van der Waals surface area (Å²) in [5.41, 5.74) is 6.63. The zero-order valence-corrected chi connectivity index (χ0v) is 10.4. The molecule has 3 N–H and O–H groups in total. The maximum Gasteiger partial charge on any atom is 0.357 e. The van der Waals surface area contributed by atoms with Gasteiger partial charge in [-0.15, -0.1) is 0 Å². The van der Waals surface area contributed by atoms with Gasteiger partial charge in [0.05, 0.1) is 4.47 Å². The van der Waals surface area contributed by atoms with E-state index in [-0.39, 0.29) is 18.1 Å². The van der Waals surface area contributed by atoms with Crippen LogP contribution in [-0.4, -0.2) is 16.2 Å². The lowest BCUT2D eigenvalue weighted by atomic mass is 10.2. The molecule has 0 aliphatic carbocycles. The van der Waals surface area contributed by atoms with Gasteiger partial charge in [0.1, 0.15) is 6.61 Å². The second kappa shape index (κ2) is 5.01. The zero-order valence-electron chi connectivity index (χ0n) is 8.81. The van der Waals surface area contributed by atoms with Crippen LogP contribution in [0.4, 0.5) is 5.82 Å². The Labute approximate surface area is 106 Å². The van der Waals surface area contributed by atoms with Crippen molar-refractivity contribution in [2.75, 3.05) is 5.73 Å². The SMILES string of the molecule is Nc1n[nH]c(C(=O)OCc2ccccc2)c1Br. The number of carbonyl (C=O) groups is 1. The van der Waals surface area contributed by atoms with Crippen molar-refractivity contribution in [2.45, 2.75) is 6.61 Å². The molecular weight excluding hydrogens is 286 g/mol. The highest BCUT2D eigenvalue weighted by atomic mass is 79.9. The highest BCUT2D eigenvalue weighted by Gasteiger charge is 2.16. The van der Waals surface area contributed by atoms with E-state index >= 15 is 0 Å². The van der Waals surface area contributed by atoms with Crippen LogP contribution in [-0.2, 0) is 11.3 Å². The van der Waals surface area contributed by atoms with Gasteiger partial charge in [-0.3, -0.25) is 5.10 Å². The third-order valence-electron chi connectivity index (χ3n) is 2.15. The average Bonchev–Trinajstić information content (AvgIpc) is 2.69. The summed E-state index contributed by atoms with van der Waals surface area (Å²) in [7, 11) is 0. The topological polar surface area (TPSA) is 81.0 Å². The van der Waals surface area contributed by atoms with Crippen molar-refractivity contribution < 1.29 is 9.53 Å². The number of halogens is 1. The molecule has 88 valence electrons. The standard InChI is InChI=1S/C11H10BrN3O2/c12-8-9(14-15-10(8)13)11(16)17-6-7-4-2-1-3-5-7/h1-5H,6H2,(H3,13,14,15). The number of carbonyl (C=O) groups excluding carboxylic acids is 1. The van der Waals surface area contributed by atoms with Crippen molar-refractivity contribution in [2.24, 2.45) is 0 Å². The van der Waals surface area contributed by atoms with Gasteiger partial charge in [0.2, 0.25) is 0 Å². The fraction of sp³-hybridized carbons (Fsp3) is 0.0909. The Kier molecular flexibility index (Phi) is 3.43. The van der Waals surface area contributed by atoms with Gasteiger partial charge >= 0.3 is 5.97 Å². The van der Waals surface area contributed by atoms with E-state index in [0.717, 1.165) is 5.56 Å². The number of esters is 1. The number of aromatic nitrogens is 2. The Morgan fingerprint density at radius 3 is 2.71 bits per heavy atom. The molecule has 6 heteroatoms. The molecule has 0 spiro atoms. The van der Waals surface area contributed by atoms with Crippen LogP contribution >= 0.6 is 15.9 Å². The number of nitrogens with zero attached hydrogens (tertiary/aromatic N) is 1. The van der Waals surface area contributed by atoms with Gasteiger partial charge in [0.25, 0.3) is 0 Å². The zero-order chi connectivity index (χ0) is 12.3. The molecule has 0 atom stereocenters. The molecule has 1 heterocycles. The average molecular weight is 296 g/mol. The lowest BCUT2D eigenvalue weighted by molar-refractivity contribution is 0.0464. The summed E-state index contributed by atoms with van der Waals surface area (Å²) in [6.45, 7) is 0.213. The molecule has 17 heavy (non-hydrogen) atoms. The number of anilines is 1. The van der Waals surface area contributed by atoms with Crippen molar-refractivity contribution in [1.82, 2.24) is 10.2 Å². The summed E-state index contributed by atoms with van der Waals surface area (Å²) >= 11 is 3.16. The van der Waals surface area contributed by atoms with Crippen LogP contribution in [0, 0.1) is 0 Å². The van der Waals surface area contributed by atoms with E-state index in [1.807, 2.05) is 30.3 Å². The van der Waals surface area contributed by atoms with Gasteiger partial charge in [0.15, 0.2) is 11.5 Å². The van der Waals surface area contributed by atoms with Crippen molar-refractivity contribution in [3.63, 3.8) is 0 Å². The normalized spacial score (nSPS) is 10.2. The molecule has 0 unspecified atom stereocenters. The first-order valence-corrected chi connectivity index (χ1v) is 5.68. The van der Waals surface area contributed by atoms with Crippen molar-refractivity contribution in [3.8, 4) is 0 Å². The van der Waals surface area contributed by atoms with Crippen molar-refractivity contribution in [3.05, 3.63) is 46.1 Å². The smallest absolute Gasteiger partial charge is 0.357 e. The molecule has 2 rings (SSSR count). The van der Waals surface area contributed by atoms with E-state index in [9.17, 15) is 4.79 Å². The molecule has 0 saturated carbocycles. The summed E-state index contributed by atoms with van der Waals surface area (Å²) in [5.74, 6) is -0.262. The lowest BCUT2D eigenvalue weighted by Crippen LogP contribution is -2.06. The summed E-state index contributed by atoms with van der Waals surface area (Å²) in [5, 5.41) is 6.21. The number of rotatable bonds is 3. The summed E-state index contributed by atoms with van der Waals surface area (Å²) in [6.07, 6.45) is 0. The number of hydrogen-bond acceptors (Lipinski definition) is 4. The summed E-state index contributed by atoms with van der Waals surface area (Å²) in [6, 6.07) is 9.42. The van der Waals surface area contributed by atoms with Gasteiger partial charge in [0, 0.05) is 0 Å².